The Bertz CT molecular complexity index is 380. The second-order valence-corrected chi connectivity index (χ2v) is 4.38. The highest BCUT2D eigenvalue weighted by Crippen LogP contribution is 2.29. The predicted octanol–water partition coefficient (Wildman–Crippen LogP) is 2.58. The number of halogens is 3. The maximum atomic E-state index is 12.4. The van der Waals surface area contributed by atoms with Gasteiger partial charge in [-0.25, -0.2) is 0 Å². The average molecular weight is 245 g/mol. The molecule has 1 unspecified atom stereocenters. The SMILES string of the molecule is CC1(Cc2ccc(C(F)(F)F)cc2)NCCO1. The van der Waals surface area contributed by atoms with E-state index in [4.69, 9.17) is 4.74 Å². The third kappa shape index (κ3) is 2.98. The lowest BCUT2D eigenvalue weighted by atomic mass is 10.0. The number of benzene rings is 1. The van der Waals surface area contributed by atoms with Gasteiger partial charge in [0.05, 0.1) is 12.2 Å². The molecular formula is C12H14F3NO. The molecule has 1 aromatic rings. The summed E-state index contributed by atoms with van der Waals surface area (Å²) in [6.45, 7) is 3.31. The third-order valence-electron chi connectivity index (χ3n) is 2.84. The van der Waals surface area contributed by atoms with Crippen molar-refractivity contribution < 1.29 is 17.9 Å². The first kappa shape index (κ1) is 12.4. The largest absolute Gasteiger partial charge is 0.416 e. The lowest BCUT2D eigenvalue weighted by Gasteiger charge is -2.23. The van der Waals surface area contributed by atoms with Gasteiger partial charge in [-0.15, -0.1) is 0 Å². The van der Waals surface area contributed by atoms with Crippen LogP contribution in [0.25, 0.3) is 0 Å². The van der Waals surface area contributed by atoms with E-state index in [1.165, 1.54) is 12.1 Å². The molecule has 0 aliphatic carbocycles. The molecule has 0 spiro atoms. The molecule has 2 rings (SSSR count). The smallest absolute Gasteiger partial charge is 0.359 e. The van der Waals surface area contributed by atoms with Gasteiger partial charge in [0.25, 0.3) is 0 Å². The molecule has 0 bridgehead atoms. The first-order chi connectivity index (χ1) is 7.89. The molecule has 1 aliphatic rings. The van der Waals surface area contributed by atoms with Gasteiger partial charge in [0.1, 0.15) is 5.72 Å². The second kappa shape index (κ2) is 4.31. The van der Waals surface area contributed by atoms with Crippen LogP contribution in [-0.4, -0.2) is 18.9 Å². The number of rotatable bonds is 2. The topological polar surface area (TPSA) is 21.3 Å². The number of hydrogen-bond donors (Lipinski definition) is 1. The van der Waals surface area contributed by atoms with Crippen LogP contribution in [0.1, 0.15) is 18.1 Å². The monoisotopic (exact) mass is 245 g/mol. The highest BCUT2D eigenvalue weighted by molar-refractivity contribution is 5.25. The van der Waals surface area contributed by atoms with Crippen LogP contribution in [-0.2, 0) is 17.3 Å². The first-order valence-electron chi connectivity index (χ1n) is 5.44. The van der Waals surface area contributed by atoms with Crippen molar-refractivity contribution in [2.24, 2.45) is 0 Å². The minimum Gasteiger partial charge on any atom is -0.359 e. The fraction of sp³-hybridized carbons (Fsp3) is 0.500. The standard InChI is InChI=1S/C12H14F3NO/c1-11(16-6-7-17-11)8-9-2-4-10(5-3-9)12(13,14)15/h2-5,16H,6-8H2,1H3. The van der Waals surface area contributed by atoms with Gasteiger partial charge >= 0.3 is 6.18 Å². The summed E-state index contributed by atoms with van der Waals surface area (Å²) in [6, 6.07) is 5.20. The van der Waals surface area contributed by atoms with Crippen molar-refractivity contribution in [1.29, 1.82) is 0 Å². The normalized spacial score (nSPS) is 25.2. The highest BCUT2D eigenvalue weighted by Gasteiger charge is 2.31. The lowest BCUT2D eigenvalue weighted by Crippen LogP contribution is -2.39. The van der Waals surface area contributed by atoms with E-state index < -0.39 is 17.5 Å². The molecule has 1 heterocycles. The zero-order valence-electron chi connectivity index (χ0n) is 9.47. The Morgan fingerprint density at radius 3 is 2.41 bits per heavy atom. The molecule has 0 amide bonds. The summed E-state index contributed by atoms with van der Waals surface area (Å²) in [6.07, 6.45) is -3.71. The molecule has 1 saturated heterocycles. The molecule has 0 radical (unpaired) electrons. The Morgan fingerprint density at radius 2 is 1.94 bits per heavy atom. The molecular weight excluding hydrogens is 231 g/mol. The Hall–Kier alpha value is -1.07. The van der Waals surface area contributed by atoms with Crippen LogP contribution in [0, 0.1) is 0 Å². The minimum absolute atomic E-state index is 0.459. The maximum Gasteiger partial charge on any atom is 0.416 e. The van der Waals surface area contributed by atoms with E-state index in [1.54, 1.807) is 0 Å². The maximum absolute atomic E-state index is 12.4. The molecule has 0 saturated carbocycles. The van der Waals surface area contributed by atoms with Crippen LogP contribution < -0.4 is 5.32 Å². The van der Waals surface area contributed by atoms with E-state index in [-0.39, 0.29) is 0 Å². The lowest BCUT2D eigenvalue weighted by molar-refractivity contribution is -0.137. The predicted molar refractivity (Wildman–Crippen MR) is 57.5 cm³/mol. The Balaban J connectivity index is 2.08. The van der Waals surface area contributed by atoms with E-state index in [0.29, 0.717) is 13.0 Å². The van der Waals surface area contributed by atoms with Crippen molar-refractivity contribution in [3.63, 3.8) is 0 Å². The van der Waals surface area contributed by atoms with Crippen LogP contribution in [0.3, 0.4) is 0 Å². The van der Waals surface area contributed by atoms with Crippen LogP contribution in [0.5, 0.6) is 0 Å². The van der Waals surface area contributed by atoms with Gasteiger partial charge in [-0.05, 0) is 24.6 Å². The molecule has 1 aliphatic heterocycles. The van der Waals surface area contributed by atoms with E-state index in [9.17, 15) is 13.2 Å². The van der Waals surface area contributed by atoms with Gasteiger partial charge in [-0.2, -0.15) is 13.2 Å². The van der Waals surface area contributed by atoms with Gasteiger partial charge in [-0.3, -0.25) is 5.32 Å². The van der Waals surface area contributed by atoms with Crippen LogP contribution >= 0.6 is 0 Å². The van der Waals surface area contributed by atoms with Crippen molar-refractivity contribution in [2.75, 3.05) is 13.2 Å². The molecule has 1 atom stereocenters. The van der Waals surface area contributed by atoms with Crippen molar-refractivity contribution in [2.45, 2.75) is 25.2 Å². The van der Waals surface area contributed by atoms with E-state index >= 15 is 0 Å². The third-order valence-corrected chi connectivity index (χ3v) is 2.84. The van der Waals surface area contributed by atoms with Crippen molar-refractivity contribution >= 4 is 0 Å². The number of ether oxygens (including phenoxy) is 1. The summed E-state index contributed by atoms with van der Waals surface area (Å²) in [7, 11) is 0. The second-order valence-electron chi connectivity index (χ2n) is 4.38. The number of nitrogens with one attached hydrogen (secondary N) is 1. The Morgan fingerprint density at radius 1 is 1.29 bits per heavy atom. The molecule has 0 aromatic heterocycles. The first-order valence-corrected chi connectivity index (χ1v) is 5.44. The van der Waals surface area contributed by atoms with E-state index in [1.807, 2.05) is 6.92 Å². The molecule has 1 N–H and O–H groups in total. The van der Waals surface area contributed by atoms with Gasteiger partial charge in [0.2, 0.25) is 0 Å². The Labute approximate surface area is 97.8 Å². The van der Waals surface area contributed by atoms with Gasteiger partial charge in [-0.1, -0.05) is 12.1 Å². The summed E-state index contributed by atoms with van der Waals surface area (Å²) in [5, 5.41) is 3.18. The van der Waals surface area contributed by atoms with Gasteiger partial charge in [0, 0.05) is 13.0 Å². The number of alkyl halides is 3. The van der Waals surface area contributed by atoms with Crippen molar-refractivity contribution in [1.82, 2.24) is 5.32 Å². The summed E-state index contributed by atoms with van der Waals surface area (Å²) >= 11 is 0. The average Bonchev–Trinajstić information content (AvgIpc) is 2.64. The highest BCUT2D eigenvalue weighted by atomic mass is 19.4. The molecule has 1 aromatic carbocycles. The van der Waals surface area contributed by atoms with Gasteiger partial charge < -0.3 is 4.74 Å². The quantitative estimate of drug-likeness (QED) is 0.864. The molecule has 5 heteroatoms. The zero-order chi connectivity index (χ0) is 12.5. The number of hydrogen-bond acceptors (Lipinski definition) is 2. The van der Waals surface area contributed by atoms with E-state index in [0.717, 1.165) is 24.2 Å². The summed E-state index contributed by atoms with van der Waals surface area (Å²) < 4.78 is 42.6. The minimum atomic E-state index is -4.27. The molecule has 94 valence electrons. The van der Waals surface area contributed by atoms with Crippen molar-refractivity contribution in [3.05, 3.63) is 35.4 Å². The Kier molecular flexibility index (Phi) is 3.14. The van der Waals surface area contributed by atoms with E-state index in [2.05, 4.69) is 5.32 Å². The fourth-order valence-corrected chi connectivity index (χ4v) is 1.96. The summed E-state index contributed by atoms with van der Waals surface area (Å²) in [5.41, 5.74) is -0.249. The van der Waals surface area contributed by atoms with Crippen LogP contribution in [0.15, 0.2) is 24.3 Å². The van der Waals surface area contributed by atoms with Crippen molar-refractivity contribution in [3.8, 4) is 0 Å². The van der Waals surface area contributed by atoms with Crippen LogP contribution in [0.4, 0.5) is 13.2 Å². The molecule has 17 heavy (non-hydrogen) atoms. The van der Waals surface area contributed by atoms with Crippen LogP contribution in [0.2, 0.25) is 0 Å². The fourth-order valence-electron chi connectivity index (χ4n) is 1.96. The summed E-state index contributed by atoms with van der Waals surface area (Å²) in [4.78, 5) is 0. The molecule has 1 fully saturated rings. The van der Waals surface area contributed by atoms with Gasteiger partial charge in [0.15, 0.2) is 0 Å². The summed E-state index contributed by atoms with van der Waals surface area (Å²) in [5.74, 6) is 0. The zero-order valence-corrected chi connectivity index (χ0v) is 9.47. The molecule has 2 nitrogen and oxygen atoms in total.